The molecule has 0 aliphatic rings. The zero-order valence-electron chi connectivity index (χ0n) is 11.8. The van der Waals surface area contributed by atoms with Crippen LogP contribution in [0.2, 0.25) is 0 Å². The van der Waals surface area contributed by atoms with Gasteiger partial charge in [0.2, 0.25) is 5.91 Å². The molecule has 1 aromatic carbocycles. The number of rotatable bonds is 4. The standard InChI is InChI=1S/C14H13F3N2O3/c1-8-12(9(2)22-19-8)7-13(20)18-10-3-5-11(6-4-10)21-14(15,16)17/h3-6H,7H2,1-2H3,(H,18,20). The summed E-state index contributed by atoms with van der Waals surface area (Å²) >= 11 is 0. The van der Waals surface area contributed by atoms with Crippen molar-refractivity contribution in [2.75, 3.05) is 5.32 Å². The van der Waals surface area contributed by atoms with Crippen molar-refractivity contribution in [1.29, 1.82) is 0 Å². The van der Waals surface area contributed by atoms with Gasteiger partial charge in [0.25, 0.3) is 0 Å². The van der Waals surface area contributed by atoms with E-state index in [0.29, 0.717) is 22.7 Å². The van der Waals surface area contributed by atoms with E-state index in [4.69, 9.17) is 4.52 Å². The zero-order chi connectivity index (χ0) is 16.3. The lowest BCUT2D eigenvalue weighted by molar-refractivity contribution is -0.274. The van der Waals surface area contributed by atoms with E-state index in [0.717, 1.165) is 12.1 Å². The molecule has 0 aliphatic carbocycles. The summed E-state index contributed by atoms with van der Waals surface area (Å²) in [6.07, 6.45) is -4.67. The topological polar surface area (TPSA) is 64.4 Å². The molecule has 118 valence electrons. The average Bonchev–Trinajstić information content (AvgIpc) is 2.71. The lowest BCUT2D eigenvalue weighted by atomic mass is 10.1. The SMILES string of the molecule is Cc1noc(C)c1CC(=O)Nc1ccc(OC(F)(F)F)cc1. The molecule has 0 fully saturated rings. The Morgan fingerprint density at radius 1 is 1.27 bits per heavy atom. The van der Waals surface area contributed by atoms with Crippen molar-refractivity contribution in [3.05, 3.63) is 41.3 Å². The van der Waals surface area contributed by atoms with Gasteiger partial charge in [-0.25, -0.2) is 0 Å². The van der Waals surface area contributed by atoms with Crippen LogP contribution in [0.5, 0.6) is 5.75 Å². The number of aromatic nitrogens is 1. The third-order valence-corrected chi connectivity index (χ3v) is 2.89. The van der Waals surface area contributed by atoms with Crippen molar-refractivity contribution in [3.8, 4) is 5.75 Å². The summed E-state index contributed by atoms with van der Waals surface area (Å²) in [5.41, 5.74) is 1.68. The number of aryl methyl sites for hydroxylation is 2. The van der Waals surface area contributed by atoms with E-state index >= 15 is 0 Å². The second kappa shape index (κ2) is 6.08. The third-order valence-electron chi connectivity index (χ3n) is 2.89. The number of halogens is 3. The van der Waals surface area contributed by atoms with Crippen LogP contribution in [0.25, 0.3) is 0 Å². The van der Waals surface area contributed by atoms with Crippen molar-refractivity contribution in [3.63, 3.8) is 0 Å². The van der Waals surface area contributed by atoms with Gasteiger partial charge >= 0.3 is 6.36 Å². The number of amides is 1. The summed E-state index contributed by atoms with van der Waals surface area (Å²) in [5, 5.41) is 6.32. The van der Waals surface area contributed by atoms with Crippen LogP contribution in [0, 0.1) is 13.8 Å². The Kier molecular flexibility index (Phi) is 4.39. The average molecular weight is 314 g/mol. The molecule has 0 saturated heterocycles. The Bertz CT molecular complexity index is 643. The van der Waals surface area contributed by atoms with Gasteiger partial charge in [0.05, 0.1) is 12.1 Å². The van der Waals surface area contributed by atoms with Crippen molar-refractivity contribution in [2.45, 2.75) is 26.6 Å². The van der Waals surface area contributed by atoms with E-state index in [-0.39, 0.29) is 18.1 Å². The number of carbonyl (C=O) groups is 1. The molecule has 0 radical (unpaired) electrons. The van der Waals surface area contributed by atoms with Gasteiger partial charge in [-0.1, -0.05) is 5.16 Å². The Balaban J connectivity index is 1.97. The van der Waals surface area contributed by atoms with Gasteiger partial charge in [-0.3, -0.25) is 4.79 Å². The summed E-state index contributed by atoms with van der Waals surface area (Å²) in [6.45, 7) is 3.42. The number of benzene rings is 1. The monoisotopic (exact) mass is 314 g/mol. The minimum atomic E-state index is -4.74. The molecule has 0 spiro atoms. The molecule has 1 N–H and O–H groups in total. The first-order chi connectivity index (χ1) is 10.2. The van der Waals surface area contributed by atoms with Crippen molar-refractivity contribution >= 4 is 11.6 Å². The molecule has 0 atom stereocenters. The van der Waals surface area contributed by atoms with Gasteiger partial charge in [0.15, 0.2) is 0 Å². The smallest absolute Gasteiger partial charge is 0.406 e. The highest BCUT2D eigenvalue weighted by molar-refractivity contribution is 5.92. The number of alkyl halides is 3. The fourth-order valence-electron chi connectivity index (χ4n) is 1.86. The number of carbonyl (C=O) groups excluding carboxylic acids is 1. The molecule has 0 unspecified atom stereocenters. The molecule has 2 aromatic rings. The third kappa shape index (κ3) is 4.24. The van der Waals surface area contributed by atoms with Crippen LogP contribution in [0.3, 0.4) is 0 Å². The van der Waals surface area contributed by atoms with E-state index in [1.165, 1.54) is 12.1 Å². The highest BCUT2D eigenvalue weighted by Crippen LogP contribution is 2.24. The van der Waals surface area contributed by atoms with Crippen LogP contribution in [0.4, 0.5) is 18.9 Å². The molecule has 1 aromatic heterocycles. The summed E-state index contributed by atoms with van der Waals surface area (Å²) in [7, 11) is 0. The predicted molar refractivity (Wildman–Crippen MR) is 71.4 cm³/mol. The largest absolute Gasteiger partial charge is 0.573 e. The van der Waals surface area contributed by atoms with Crippen LogP contribution in [0.15, 0.2) is 28.8 Å². The fourth-order valence-corrected chi connectivity index (χ4v) is 1.86. The van der Waals surface area contributed by atoms with Crippen LogP contribution < -0.4 is 10.1 Å². The van der Waals surface area contributed by atoms with E-state index in [2.05, 4.69) is 15.2 Å². The zero-order valence-corrected chi connectivity index (χ0v) is 11.8. The molecule has 1 heterocycles. The minimum absolute atomic E-state index is 0.0714. The summed E-state index contributed by atoms with van der Waals surface area (Å²) in [4.78, 5) is 11.9. The maximum atomic E-state index is 12.0. The van der Waals surface area contributed by atoms with Gasteiger partial charge in [0, 0.05) is 11.3 Å². The molecule has 0 saturated carbocycles. The van der Waals surface area contributed by atoms with Crippen LogP contribution >= 0.6 is 0 Å². The molecule has 0 bridgehead atoms. The van der Waals surface area contributed by atoms with E-state index in [1.807, 2.05) is 0 Å². The first-order valence-corrected chi connectivity index (χ1v) is 6.32. The molecule has 1 amide bonds. The number of anilines is 1. The van der Waals surface area contributed by atoms with Crippen LogP contribution in [-0.4, -0.2) is 17.4 Å². The number of nitrogens with one attached hydrogen (secondary N) is 1. The highest BCUT2D eigenvalue weighted by Gasteiger charge is 2.30. The van der Waals surface area contributed by atoms with Gasteiger partial charge in [0.1, 0.15) is 11.5 Å². The lowest BCUT2D eigenvalue weighted by Gasteiger charge is -2.10. The Labute approximate surface area is 124 Å². The summed E-state index contributed by atoms with van der Waals surface area (Å²) < 4.78 is 44.8. The molecule has 5 nitrogen and oxygen atoms in total. The van der Waals surface area contributed by atoms with Gasteiger partial charge in [-0.05, 0) is 38.1 Å². The first-order valence-electron chi connectivity index (χ1n) is 6.32. The molecule has 2 rings (SSSR count). The van der Waals surface area contributed by atoms with Gasteiger partial charge < -0.3 is 14.6 Å². The number of ether oxygens (including phenoxy) is 1. The maximum Gasteiger partial charge on any atom is 0.573 e. The number of nitrogens with zero attached hydrogens (tertiary/aromatic N) is 1. The number of hydrogen-bond donors (Lipinski definition) is 1. The Hall–Kier alpha value is -2.51. The number of hydrogen-bond acceptors (Lipinski definition) is 4. The van der Waals surface area contributed by atoms with Gasteiger partial charge in [-0.2, -0.15) is 0 Å². The fraction of sp³-hybridized carbons (Fsp3) is 0.286. The van der Waals surface area contributed by atoms with E-state index in [1.54, 1.807) is 13.8 Å². The lowest BCUT2D eigenvalue weighted by Crippen LogP contribution is -2.17. The first kappa shape index (κ1) is 15.9. The molecule has 0 aliphatic heterocycles. The summed E-state index contributed by atoms with van der Waals surface area (Å²) in [6, 6.07) is 4.90. The van der Waals surface area contributed by atoms with Crippen molar-refractivity contribution in [1.82, 2.24) is 5.16 Å². The minimum Gasteiger partial charge on any atom is -0.406 e. The highest BCUT2D eigenvalue weighted by atomic mass is 19.4. The molecular weight excluding hydrogens is 301 g/mol. The quantitative estimate of drug-likeness (QED) is 0.939. The molecular formula is C14H13F3N2O3. The van der Waals surface area contributed by atoms with Gasteiger partial charge in [-0.15, -0.1) is 13.2 Å². The van der Waals surface area contributed by atoms with E-state index < -0.39 is 6.36 Å². The van der Waals surface area contributed by atoms with E-state index in [9.17, 15) is 18.0 Å². The summed E-state index contributed by atoms with van der Waals surface area (Å²) in [5.74, 6) is -0.114. The van der Waals surface area contributed by atoms with Crippen LogP contribution in [0.1, 0.15) is 17.0 Å². The van der Waals surface area contributed by atoms with Crippen LogP contribution in [-0.2, 0) is 11.2 Å². The normalized spacial score (nSPS) is 11.3. The maximum absolute atomic E-state index is 12.0. The molecule has 8 heteroatoms. The van der Waals surface area contributed by atoms with Crippen molar-refractivity contribution in [2.24, 2.45) is 0 Å². The molecule has 22 heavy (non-hydrogen) atoms. The second-order valence-electron chi connectivity index (χ2n) is 4.60. The predicted octanol–water partition coefficient (Wildman–Crippen LogP) is 3.37. The Morgan fingerprint density at radius 3 is 2.41 bits per heavy atom. The van der Waals surface area contributed by atoms with Crippen molar-refractivity contribution < 1.29 is 27.2 Å². The Morgan fingerprint density at radius 2 is 1.91 bits per heavy atom. The second-order valence-corrected chi connectivity index (χ2v) is 4.60.